The molecule has 7 heteroatoms. The lowest BCUT2D eigenvalue weighted by atomic mass is 10.2. The number of carbonyl (C=O) groups excluding carboxylic acids is 1. The molecule has 0 aromatic rings. The van der Waals surface area contributed by atoms with Crippen LogP contribution in [0.2, 0.25) is 0 Å². The number of rotatable bonds is 3. The molecule has 0 N–H and O–H groups in total. The van der Waals surface area contributed by atoms with E-state index in [0.29, 0.717) is 10.6 Å². The van der Waals surface area contributed by atoms with Crippen LogP contribution in [0.25, 0.3) is 0 Å². The van der Waals surface area contributed by atoms with E-state index in [1.165, 1.54) is 24.9 Å². The number of hydrazine groups is 1. The molecule has 0 bridgehead atoms. The number of hydrogen-bond acceptors (Lipinski definition) is 5. The first kappa shape index (κ1) is 10.7. The molecule has 2 heterocycles. The van der Waals surface area contributed by atoms with Crippen LogP contribution in [0.1, 0.15) is 0 Å². The van der Waals surface area contributed by atoms with E-state index in [1.54, 1.807) is 12.2 Å². The predicted molar refractivity (Wildman–Crippen MR) is 57.5 cm³/mol. The van der Waals surface area contributed by atoms with Crippen LogP contribution in [0.3, 0.4) is 0 Å². The highest BCUT2D eigenvalue weighted by atomic mass is 32.2. The summed E-state index contributed by atoms with van der Waals surface area (Å²) in [6.45, 7) is 0. The van der Waals surface area contributed by atoms with Crippen molar-refractivity contribution in [1.82, 2.24) is 5.01 Å². The molecule has 2 aliphatic rings. The van der Waals surface area contributed by atoms with Crippen LogP contribution >= 0.6 is 11.8 Å². The first-order chi connectivity index (χ1) is 7.67. The van der Waals surface area contributed by atoms with Crippen LogP contribution in [-0.4, -0.2) is 28.7 Å². The molecule has 84 valence electrons. The van der Waals surface area contributed by atoms with Gasteiger partial charge in [-0.2, -0.15) is 0 Å². The highest BCUT2D eigenvalue weighted by molar-refractivity contribution is 8.05. The van der Waals surface area contributed by atoms with Gasteiger partial charge < -0.3 is 9.53 Å². The molecule has 2 aliphatic heterocycles. The molecule has 0 amide bonds. The van der Waals surface area contributed by atoms with E-state index in [0.717, 1.165) is 11.3 Å². The summed E-state index contributed by atoms with van der Waals surface area (Å²) in [6.07, 6.45) is 5.52. The van der Waals surface area contributed by atoms with E-state index >= 15 is 0 Å². The summed E-state index contributed by atoms with van der Waals surface area (Å²) < 4.78 is 4.90. The largest absolute Gasteiger partial charge is 0.478 e. The standard InChI is InChI=1S/C9H8N2O4S/c1-15-9-3-2-8-7(10(9)11(13)14)4-6(5-12)16-8/h2-6H,1H3. The fourth-order valence-electron chi connectivity index (χ4n) is 1.50. The fraction of sp³-hybridized carbons (Fsp3) is 0.222. The van der Waals surface area contributed by atoms with Crippen molar-refractivity contribution in [3.8, 4) is 0 Å². The molecule has 0 saturated carbocycles. The van der Waals surface area contributed by atoms with Crippen molar-refractivity contribution in [3.63, 3.8) is 0 Å². The minimum absolute atomic E-state index is 0.132. The van der Waals surface area contributed by atoms with Gasteiger partial charge in [0.15, 0.2) is 5.03 Å². The summed E-state index contributed by atoms with van der Waals surface area (Å²) in [5.74, 6) is 0.132. The maximum atomic E-state index is 10.9. The Morgan fingerprint density at radius 1 is 1.62 bits per heavy atom. The van der Waals surface area contributed by atoms with Gasteiger partial charge in [-0.15, -0.1) is 11.8 Å². The van der Waals surface area contributed by atoms with Gasteiger partial charge in [0, 0.05) is 11.0 Å². The van der Waals surface area contributed by atoms with Gasteiger partial charge in [-0.3, -0.25) is 0 Å². The summed E-state index contributed by atoms with van der Waals surface area (Å²) in [4.78, 5) is 22.3. The second-order valence-electron chi connectivity index (χ2n) is 3.06. The first-order valence-corrected chi connectivity index (χ1v) is 5.30. The molecule has 1 unspecified atom stereocenters. The van der Waals surface area contributed by atoms with Gasteiger partial charge in [0.2, 0.25) is 0 Å². The molecule has 0 spiro atoms. The Kier molecular flexibility index (Phi) is 2.69. The van der Waals surface area contributed by atoms with Crippen molar-refractivity contribution in [2.45, 2.75) is 5.25 Å². The summed E-state index contributed by atoms with van der Waals surface area (Å²) in [5, 5.41) is 10.8. The number of aldehydes is 1. The van der Waals surface area contributed by atoms with Crippen molar-refractivity contribution in [2.75, 3.05) is 7.11 Å². The number of hydrogen-bond donors (Lipinski definition) is 0. The Bertz CT molecular complexity index is 441. The molecular weight excluding hydrogens is 232 g/mol. The van der Waals surface area contributed by atoms with Crippen LogP contribution in [0.15, 0.2) is 34.7 Å². The minimum atomic E-state index is -0.568. The topological polar surface area (TPSA) is 72.7 Å². The summed E-state index contributed by atoms with van der Waals surface area (Å²) in [5.41, 5.74) is 0.395. The molecule has 6 nitrogen and oxygen atoms in total. The highest BCUT2D eigenvalue weighted by Gasteiger charge is 2.36. The van der Waals surface area contributed by atoms with Crippen molar-refractivity contribution in [3.05, 3.63) is 44.8 Å². The van der Waals surface area contributed by atoms with Crippen LogP contribution in [0, 0.1) is 10.1 Å². The summed E-state index contributed by atoms with van der Waals surface area (Å²) in [7, 11) is 1.36. The Morgan fingerprint density at radius 3 is 2.94 bits per heavy atom. The number of methoxy groups -OCH3 is 1. The SMILES string of the molecule is COC1=CC=C2SC(C=O)C=C2N1[N+](=O)[O-]. The van der Waals surface area contributed by atoms with Crippen molar-refractivity contribution in [1.29, 1.82) is 0 Å². The minimum Gasteiger partial charge on any atom is -0.478 e. The molecule has 1 atom stereocenters. The lowest BCUT2D eigenvalue weighted by Gasteiger charge is -2.19. The summed E-state index contributed by atoms with van der Waals surface area (Å²) in [6, 6.07) is 0. The Morgan fingerprint density at radius 2 is 2.38 bits per heavy atom. The molecule has 16 heavy (non-hydrogen) atoms. The van der Waals surface area contributed by atoms with Crippen LogP contribution < -0.4 is 0 Å². The maximum Gasteiger partial charge on any atom is 0.258 e. The number of nitrogens with zero attached hydrogens (tertiary/aromatic N) is 2. The molecule has 0 aliphatic carbocycles. The van der Waals surface area contributed by atoms with E-state index in [4.69, 9.17) is 4.74 Å². The first-order valence-electron chi connectivity index (χ1n) is 4.42. The maximum absolute atomic E-state index is 10.9. The third-order valence-corrected chi connectivity index (χ3v) is 3.28. The monoisotopic (exact) mass is 240 g/mol. The smallest absolute Gasteiger partial charge is 0.258 e. The van der Waals surface area contributed by atoms with E-state index < -0.39 is 5.03 Å². The molecule has 0 fully saturated rings. The van der Waals surface area contributed by atoms with E-state index in [9.17, 15) is 14.9 Å². The molecular formula is C9H8N2O4S. The average Bonchev–Trinajstić information content (AvgIpc) is 2.69. The third-order valence-electron chi connectivity index (χ3n) is 2.16. The lowest BCUT2D eigenvalue weighted by molar-refractivity contribution is -0.637. The van der Waals surface area contributed by atoms with Crippen LogP contribution in [0.5, 0.6) is 0 Å². The number of nitro groups is 1. The highest BCUT2D eigenvalue weighted by Crippen LogP contribution is 2.41. The van der Waals surface area contributed by atoms with Crippen molar-refractivity contribution < 1.29 is 14.6 Å². The van der Waals surface area contributed by atoms with Gasteiger partial charge in [-0.1, -0.05) is 0 Å². The molecule has 2 rings (SSSR count). The number of carbonyl (C=O) groups is 1. The second kappa shape index (κ2) is 4.01. The van der Waals surface area contributed by atoms with Crippen molar-refractivity contribution >= 4 is 18.0 Å². The van der Waals surface area contributed by atoms with Gasteiger partial charge in [0.1, 0.15) is 12.0 Å². The number of ether oxygens (including phenoxy) is 1. The third kappa shape index (κ3) is 1.58. The second-order valence-corrected chi connectivity index (χ2v) is 4.28. The number of allylic oxidation sites excluding steroid dienone is 2. The number of fused-ring (bicyclic) bond motifs is 1. The molecule has 0 radical (unpaired) electrons. The van der Waals surface area contributed by atoms with Gasteiger partial charge in [-0.25, -0.2) is 10.1 Å². The fourth-order valence-corrected chi connectivity index (χ4v) is 2.47. The van der Waals surface area contributed by atoms with Gasteiger partial charge in [0.25, 0.3) is 5.88 Å². The predicted octanol–water partition coefficient (Wildman–Crippen LogP) is 1.06. The Labute approximate surface area is 95.4 Å². The van der Waals surface area contributed by atoms with Crippen LogP contribution in [0.4, 0.5) is 0 Å². The van der Waals surface area contributed by atoms with E-state index in [-0.39, 0.29) is 11.1 Å². The Hall–Kier alpha value is -1.76. The Balaban J connectivity index is 2.41. The average molecular weight is 240 g/mol. The zero-order chi connectivity index (χ0) is 11.7. The number of thioether (sulfide) groups is 1. The van der Waals surface area contributed by atoms with Gasteiger partial charge >= 0.3 is 0 Å². The van der Waals surface area contributed by atoms with E-state index in [1.807, 2.05) is 0 Å². The summed E-state index contributed by atoms with van der Waals surface area (Å²) >= 11 is 1.28. The van der Waals surface area contributed by atoms with E-state index in [2.05, 4.69) is 0 Å². The zero-order valence-electron chi connectivity index (χ0n) is 8.32. The van der Waals surface area contributed by atoms with Crippen LogP contribution in [-0.2, 0) is 9.53 Å². The zero-order valence-corrected chi connectivity index (χ0v) is 9.14. The van der Waals surface area contributed by atoms with Gasteiger partial charge in [-0.05, 0) is 17.2 Å². The van der Waals surface area contributed by atoms with Crippen molar-refractivity contribution in [2.24, 2.45) is 0 Å². The molecule has 0 saturated heterocycles. The molecule has 0 aromatic heterocycles. The molecule has 0 aromatic carbocycles. The lowest BCUT2D eigenvalue weighted by Crippen LogP contribution is -2.30. The quantitative estimate of drug-likeness (QED) is 0.417. The normalized spacial score (nSPS) is 22.9. The van der Waals surface area contributed by atoms with Gasteiger partial charge in [0.05, 0.1) is 12.4 Å².